The summed E-state index contributed by atoms with van der Waals surface area (Å²) in [4.78, 5) is 24.9. The Hall–Kier alpha value is -2.31. The molecular weight excluding hydrogens is 384 g/mol. The van der Waals surface area contributed by atoms with Gasteiger partial charge in [0, 0.05) is 16.8 Å². The quantitative estimate of drug-likeness (QED) is 0.325. The minimum atomic E-state index is -0.429. The lowest BCUT2D eigenvalue weighted by Gasteiger charge is -2.04. The van der Waals surface area contributed by atoms with Crippen molar-refractivity contribution in [2.45, 2.75) is 25.3 Å². The first-order valence-electron chi connectivity index (χ1n) is 8.63. The number of halogens is 1. The van der Waals surface area contributed by atoms with E-state index in [0.29, 0.717) is 26.7 Å². The maximum absolute atomic E-state index is 12.5. The minimum absolute atomic E-state index is 0.0576. The first-order chi connectivity index (χ1) is 13.0. The molecule has 3 aromatic rings. The number of carbonyl (C=O) groups excluding carboxylic acids is 2. The van der Waals surface area contributed by atoms with Crippen LogP contribution in [0.5, 0.6) is 0 Å². The van der Waals surface area contributed by atoms with E-state index >= 15 is 0 Å². The van der Waals surface area contributed by atoms with Crippen LogP contribution >= 0.6 is 23.4 Å². The van der Waals surface area contributed by atoms with Crippen molar-refractivity contribution >= 4 is 40.6 Å². The highest BCUT2D eigenvalue weighted by Gasteiger charge is 2.22. The normalized spacial score (nSPS) is 10.9. The summed E-state index contributed by atoms with van der Waals surface area (Å²) in [5.41, 5.74) is 2.76. The van der Waals surface area contributed by atoms with Crippen LogP contribution in [0.4, 0.5) is 0 Å². The molecule has 0 aliphatic rings. The highest BCUT2D eigenvalue weighted by Crippen LogP contribution is 2.28. The second-order valence-corrected chi connectivity index (χ2v) is 7.24. The van der Waals surface area contributed by atoms with Gasteiger partial charge in [-0.05, 0) is 55.3 Å². The molecule has 0 saturated heterocycles. The number of rotatable bonds is 7. The molecule has 140 valence electrons. The smallest absolute Gasteiger partial charge is 0.343 e. The predicted molar refractivity (Wildman–Crippen MR) is 107 cm³/mol. The van der Waals surface area contributed by atoms with E-state index in [9.17, 15) is 9.59 Å². The Bertz CT molecular complexity index is 983. The van der Waals surface area contributed by atoms with Gasteiger partial charge >= 0.3 is 5.97 Å². The molecule has 0 radical (unpaired) electrons. The van der Waals surface area contributed by atoms with Gasteiger partial charge in [-0.25, -0.2) is 9.31 Å². The van der Waals surface area contributed by atoms with Crippen molar-refractivity contribution in [1.29, 1.82) is 0 Å². The number of fused-ring (bicyclic) bond motifs is 1. The number of ether oxygens (including phenoxy) is 1. The number of hydrogen-bond acceptors (Lipinski definition) is 5. The number of aromatic nitrogens is 2. The van der Waals surface area contributed by atoms with Crippen LogP contribution in [0, 0.1) is 0 Å². The van der Waals surface area contributed by atoms with Gasteiger partial charge in [0.05, 0.1) is 17.9 Å². The molecule has 0 amide bonds. The van der Waals surface area contributed by atoms with E-state index < -0.39 is 5.97 Å². The van der Waals surface area contributed by atoms with Crippen molar-refractivity contribution in [2.75, 3.05) is 12.4 Å². The van der Waals surface area contributed by atoms with Crippen LogP contribution in [0.3, 0.4) is 0 Å². The standard InChI is InChI=1S/C20H19ClN2O3S/c1-3-13-9-10-23-16(11-13)18(20(25)26-4-2)19(22-23)27-12-17(24)14-5-7-15(21)8-6-14/h5-11H,3-4,12H2,1-2H3. The van der Waals surface area contributed by atoms with Gasteiger partial charge in [0.2, 0.25) is 0 Å². The van der Waals surface area contributed by atoms with E-state index in [4.69, 9.17) is 16.3 Å². The molecule has 0 unspecified atom stereocenters. The average Bonchev–Trinajstić information content (AvgIpc) is 3.04. The summed E-state index contributed by atoms with van der Waals surface area (Å²) in [7, 11) is 0. The maximum atomic E-state index is 12.5. The van der Waals surface area contributed by atoms with Crippen molar-refractivity contribution in [1.82, 2.24) is 9.61 Å². The Morgan fingerprint density at radius 2 is 1.93 bits per heavy atom. The molecule has 2 aromatic heterocycles. The van der Waals surface area contributed by atoms with Gasteiger partial charge in [-0.2, -0.15) is 5.10 Å². The summed E-state index contributed by atoms with van der Waals surface area (Å²) >= 11 is 7.10. The molecule has 7 heteroatoms. The van der Waals surface area contributed by atoms with Gasteiger partial charge in [0.15, 0.2) is 5.78 Å². The third-order valence-electron chi connectivity index (χ3n) is 4.06. The first-order valence-corrected chi connectivity index (χ1v) is 9.99. The molecule has 27 heavy (non-hydrogen) atoms. The SMILES string of the molecule is CCOC(=O)c1c(SCC(=O)c2ccc(Cl)cc2)nn2ccc(CC)cc12. The molecule has 0 fully saturated rings. The second-order valence-electron chi connectivity index (χ2n) is 5.84. The van der Waals surface area contributed by atoms with Crippen molar-refractivity contribution < 1.29 is 14.3 Å². The number of nitrogens with zero attached hydrogens (tertiary/aromatic N) is 2. The number of carbonyl (C=O) groups is 2. The number of aryl methyl sites for hydroxylation is 1. The summed E-state index contributed by atoms with van der Waals surface area (Å²) in [5, 5.41) is 5.55. The van der Waals surface area contributed by atoms with Crippen LogP contribution in [0.15, 0.2) is 47.6 Å². The molecule has 0 N–H and O–H groups in total. The minimum Gasteiger partial charge on any atom is -0.462 e. The molecule has 0 saturated carbocycles. The van der Waals surface area contributed by atoms with Crippen LogP contribution in [-0.4, -0.2) is 33.7 Å². The highest BCUT2D eigenvalue weighted by atomic mass is 35.5. The summed E-state index contributed by atoms with van der Waals surface area (Å²) in [5.74, 6) is -0.321. The van der Waals surface area contributed by atoms with Crippen molar-refractivity contribution in [3.8, 4) is 0 Å². The fourth-order valence-electron chi connectivity index (χ4n) is 2.64. The molecule has 0 bridgehead atoms. The highest BCUT2D eigenvalue weighted by molar-refractivity contribution is 8.00. The zero-order chi connectivity index (χ0) is 19.4. The summed E-state index contributed by atoms with van der Waals surface area (Å²) in [6, 6.07) is 10.6. The van der Waals surface area contributed by atoms with E-state index in [-0.39, 0.29) is 18.1 Å². The third-order valence-corrected chi connectivity index (χ3v) is 5.28. The third kappa shape index (κ3) is 4.34. The van der Waals surface area contributed by atoms with Gasteiger partial charge in [-0.3, -0.25) is 4.79 Å². The van der Waals surface area contributed by atoms with Gasteiger partial charge in [0.25, 0.3) is 0 Å². The van der Waals surface area contributed by atoms with Crippen molar-refractivity contribution in [3.63, 3.8) is 0 Å². The topological polar surface area (TPSA) is 60.7 Å². The summed E-state index contributed by atoms with van der Waals surface area (Å²) in [6.07, 6.45) is 2.67. The molecule has 1 aromatic carbocycles. The first kappa shape index (κ1) is 19.5. The molecule has 2 heterocycles. The molecule has 0 aliphatic carbocycles. The monoisotopic (exact) mass is 402 g/mol. The molecule has 0 aliphatic heterocycles. The summed E-state index contributed by atoms with van der Waals surface area (Å²) in [6.45, 7) is 4.09. The number of esters is 1. The predicted octanol–water partition coefficient (Wildman–Crippen LogP) is 4.70. The lowest BCUT2D eigenvalue weighted by atomic mass is 10.1. The zero-order valence-corrected chi connectivity index (χ0v) is 16.6. The lowest BCUT2D eigenvalue weighted by Crippen LogP contribution is -2.07. The molecule has 0 atom stereocenters. The van der Waals surface area contributed by atoms with E-state index in [1.54, 1.807) is 35.7 Å². The Kier molecular flexibility index (Phi) is 6.19. The van der Waals surface area contributed by atoms with Gasteiger partial charge < -0.3 is 4.74 Å². The molecular formula is C20H19ClN2O3S. The van der Waals surface area contributed by atoms with E-state index in [2.05, 4.69) is 5.10 Å². The van der Waals surface area contributed by atoms with Crippen LogP contribution in [-0.2, 0) is 11.2 Å². The van der Waals surface area contributed by atoms with Crippen molar-refractivity contribution in [3.05, 3.63) is 64.3 Å². The van der Waals surface area contributed by atoms with Gasteiger partial charge in [-0.1, -0.05) is 30.3 Å². The zero-order valence-electron chi connectivity index (χ0n) is 15.1. The lowest BCUT2D eigenvalue weighted by molar-refractivity contribution is 0.0524. The van der Waals surface area contributed by atoms with Gasteiger partial charge in [0.1, 0.15) is 10.6 Å². The Labute approximate surface area is 166 Å². The Morgan fingerprint density at radius 3 is 2.59 bits per heavy atom. The molecule has 5 nitrogen and oxygen atoms in total. The number of Topliss-reactive ketones (excluding diaryl/α,β-unsaturated/α-hetero) is 1. The number of pyridine rings is 1. The van der Waals surface area contributed by atoms with Crippen molar-refractivity contribution in [2.24, 2.45) is 0 Å². The number of ketones is 1. The number of hydrogen-bond donors (Lipinski definition) is 0. The Morgan fingerprint density at radius 1 is 1.19 bits per heavy atom. The number of benzene rings is 1. The molecule has 3 rings (SSSR count). The van der Waals surface area contributed by atoms with E-state index in [1.807, 2.05) is 25.3 Å². The average molecular weight is 403 g/mol. The van der Waals surface area contributed by atoms with Crippen LogP contribution in [0.2, 0.25) is 5.02 Å². The second kappa shape index (κ2) is 8.59. The Balaban J connectivity index is 1.90. The molecule has 0 spiro atoms. The van der Waals surface area contributed by atoms with Crippen LogP contribution in [0.25, 0.3) is 5.52 Å². The van der Waals surface area contributed by atoms with Crippen LogP contribution < -0.4 is 0 Å². The summed E-state index contributed by atoms with van der Waals surface area (Å²) < 4.78 is 6.86. The fraction of sp³-hybridized carbons (Fsp3) is 0.250. The fourth-order valence-corrected chi connectivity index (χ4v) is 3.68. The van der Waals surface area contributed by atoms with Crippen LogP contribution in [0.1, 0.15) is 40.1 Å². The maximum Gasteiger partial charge on any atom is 0.343 e. The van der Waals surface area contributed by atoms with Gasteiger partial charge in [-0.15, -0.1) is 0 Å². The number of thioether (sulfide) groups is 1. The van der Waals surface area contributed by atoms with E-state index in [0.717, 1.165) is 12.0 Å². The van der Waals surface area contributed by atoms with E-state index in [1.165, 1.54) is 11.8 Å². The largest absolute Gasteiger partial charge is 0.462 e.